The van der Waals surface area contributed by atoms with Crippen LogP contribution in [0.1, 0.15) is 19.8 Å². The molecule has 0 spiro atoms. The molecule has 0 aromatic carbocycles. The smallest absolute Gasteiger partial charge is 0.225 e. The minimum atomic E-state index is 0.227. The van der Waals surface area contributed by atoms with Crippen LogP contribution in [0.15, 0.2) is 6.07 Å². The number of nitrogens with zero attached hydrogens (tertiary/aromatic N) is 3. The van der Waals surface area contributed by atoms with Crippen LogP contribution in [-0.2, 0) is 0 Å². The number of anilines is 2. The summed E-state index contributed by atoms with van der Waals surface area (Å²) in [5.74, 6) is 1.43. The second-order valence-electron chi connectivity index (χ2n) is 4.63. The highest BCUT2D eigenvalue weighted by Gasteiger charge is 2.17. The molecule has 1 unspecified atom stereocenters. The maximum absolute atomic E-state index is 5.61. The molecule has 0 amide bonds. The Balaban J connectivity index is 1.90. The Kier molecular flexibility index (Phi) is 4.19. The Morgan fingerprint density at radius 2 is 2.17 bits per heavy atom. The van der Waals surface area contributed by atoms with Crippen LogP contribution < -0.4 is 15.8 Å². The molecular formula is C12H21N5O. The molecule has 100 valence electrons. The number of nitrogen functional groups attached to an aromatic ring is 1. The molecule has 1 aliphatic rings. The quantitative estimate of drug-likeness (QED) is 0.812. The van der Waals surface area contributed by atoms with Gasteiger partial charge in [-0.2, -0.15) is 9.97 Å². The molecule has 3 N–H and O–H groups in total. The van der Waals surface area contributed by atoms with Crippen LogP contribution in [0, 0.1) is 0 Å². The molecule has 0 bridgehead atoms. The average molecular weight is 251 g/mol. The van der Waals surface area contributed by atoms with Crippen molar-refractivity contribution >= 4 is 11.8 Å². The highest BCUT2D eigenvalue weighted by atomic mass is 16.5. The lowest BCUT2D eigenvalue weighted by atomic mass is 10.3. The van der Waals surface area contributed by atoms with E-state index in [0.717, 1.165) is 6.54 Å². The van der Waals surface area contributed by atoms with Crippen molar-refractivity contribution in [3.05, 3.63) is 6.07 Å². The minimum absolute atomic E-state index is 0.227. The van der Waals surface area contributed by atoms with Crippen LogP contribution in [0.3, 0.4) is 0 Å². The zero-order valence-electron chi connectivity index (χ0n) is 11.0. The molecule has 1 saturated heterocycles. The Bertz CT molecular complexity index is 392. The van der Waals surface area contributed by atoms with E-state index < -0.39 is 0 Å². The second-order valence-corrected chi connectivity index (χ2v) is 4.63. The first kappa shape index (κ1) is 12.9. The van der Waals surface area contributed by atoms with E-state index in [1.165, 1.54) is 25.9 Å². The zero-order valence-corrected chi connectivity index (χ0v) is 11.0. The average Bonchev–Trinajstić information content (AvgIpc) is 2.89. The number of aromatic nitrogens is 2. The maximum Gasteiger partial charge on any atom is 0.225 e. The summed E-state index contributed by atoms with van der Waals surface area (Å²) in [6, 6.07) is 2.25. The molecule has 1 atom stereocenters. The Hall–Kier alpha value is -1.56. The van der Waals surface area contributed by atoms with E-state index in [9.17, 15) is 0 Å². The van der Waals surface area contributed by atoms with Gasteiger partial charge in [-0.15, -0.1) is 0 Å². The van der Waals surface area contributed by atoms with Crippen molar-refractivity contribution in [1.29, 1.82) is 0 Å². The number of hydrogen-bond donors (Lipinski definition) is 2. The molecule has 0 radical (unpaired) electrons. The summed E-state index contributed by atoms with van der Waals surface area (Å²) >= 11 is 0. The topological polar surface area (TPSA) is 76.3 Å². The third kappa shape index (κ3) is 3.22. The van der Waals surface area contributed by atoms with Gasteiger partial charge in [0.05, 0.1) is 7.11 Å². The van der Waals surface area contributed by atoms with Crippen molar-refractivity contribution in [2.45, 2.75) is 25.8 Å². The number of rotatable bonds is 5. The predicted octanol–water partition coefficient (Wildman–Crippen LogP) is 0.964. The molecule has 2 heterocycles. The molecule has 2 rings (SSSR count). The van der Waals surface area contributed by atoms with E-state index >= 15 is 0 Å². The molecule has 1 aromatic heterocycles. The fourth-order valence-corrected chi connectivity index (χ4v) is 2.20. The monoisotopic (exact) mass is 251 g/mol. The third-order valence-corrected chi connectivity index (χ3v) is 3.27. The molecule has 0 saturated carbocycles. The summed E-state index contributed by atoms with van der Waals surface area (Å²) in [6.07, 6.45) is 2.61. The van der Waals surface area contributed by atoms with Gasteiger partial charge >= 0.3 is 0 Å². The van der Waals surface area contributed by atoms with Gasteiger partial charge in [0, 0.05) is 18.7 Å². The van der Waals surface area contributed by atoms with E-state index in [2.05, 4.69) is 27.1 Å². The lowest BCUT2D eigenvalue weighted by Gasteiger charge is -2.24. The number of ether oxygens (including phenoxy) is 1. The predicted molar refractivity (Wildman–Crippen MR) is 71.8 cm³/mol. The first-order chi connectivity index (χ1) is 8.69. The molecule has 1 aliphatic heterocycles. The summed E-state index contributed by atoms with van der Waals surface area (Å²) in [5, 5.41) is 3.28. The Morgan fingerprint density at radius 1 is 1.44 bits per heavy atom. The SMILES string of the molecule is COc1cc(NCC(C)N2CCCC2)nc(N)n1. The standard InChI is InChI=1S/C12H21N5O/c1-9(17-5-3-4-6-17)8-14-10-7-11(18-2)16-12(13)15-10/h7,9H,3-6,8H2,1-2H3,(H3,13,14,15,16). The molecule has 1 fully saturated rings. The summed E-state index contributed by atoms with van der Waals surface area (Å²) in [4.78, 5) is 10.6. The molecule has 18 heavy (non-hydrogen) atoms. The molecule has 0 aliphatic carbocycles. The van der Waals surface area contributed by atoms with Crippen LogP contribution in [0.2, 0.25) is 0 Å². The van der Waals surface area contributed by atoms with Crippen molar-refractivity contribution in [2.24, 2.45) is 0 Å². The van der Waals surface area contributed by atoms with E-state index in [4.69, 9.17) is 10.5 Å². The summed E-state index contributed by atoms with van der Waals surface area (Å²) in [6.45, 7) is 5.45. The van der Waals surface area contributed by atoms with E-state index in [1.54, 1.807) is 13.2 Å². The van der Waals surface area contributed by atoms with Crippen molar-refractivity contribution in [2.75, 3.05) is 37.8 Å². The number of nitrogens with one attached hydrogen (secondary N) is 1. The van der Waals surface area contributed by atoms with Crippen LogP contribution in [0.4, 0.5) is 11.8 Å². The molecule has 6 heteroatoms. The van der Waals surface area contributed by atoms with Crippen LogP contribution in [-0.4, -0.2) is 47.7 Å². The normalized spacial score (nSPS) is 17.7. The molecular weight excluding hydrogens is 230 g/mol. The molecule has 6 nitrogen and oxygen atoms in total. The fraction of sp³-hybridized carbons (Fsp3) is 0.667. The van der Waals surface area contributed by atoms with Crippen molar-refractivity contribution in [1.82, 2.24) is 14.9 Å². The van der Waals surface area contributed by atoms with E-state index in [0.29, 0.717) is 17.7 Å². The van der Waals surface area contributed by atoms with Gasteiger partial charge in [-0.1, -0.05) is 0 Å². The lowest BCUT2D eigenvalue weighted by Crippen LogP contribution is -2.35. The number of likely N-dealkylation sites (tertiary alicyclic amines) is 1. The second kappa shape index (κ2) is 5.86. The number of methoxy groups -OCH3 is 1. The summed E-state index contributed by atoms with van der Waals surface area (Å²) in [5.41, 5.74) is 5.61. The fourth-order valence-electron chi connectivity index (χ4n) is 2.20. The van der Waals surface area contributed by atoms with Gasteiger partial charge in [0.2, 0.25) is 11.8 Å². The van der Waals surface area contributed by atoms with Crippen LogP contribution in [0.5, 0.6) is 5.88 Å². The summed E-state index contributed by atoms with van der Waals surface area (Å²) in [7, 11) is 1.57. The van der Waals surface area contributed by atoms with E-state index in [1.807, 2.05) is 0 Å². The maximum atomic E-state index is 5.61. The largest absolute Gasteiger partial charge is 0.481 e. The first-order valence-electron chi connectivity index (χ1n) is 6.35. The first-order valence-corrected chi connectivity index (χ1v) is 6.35. The highest BCUT2D eigenvalue weighted by Crippen LogP contribution is 2.15. The Morgan fingerprint density at radius 3 is 2.83 bits per heavy atom. The van der Waals surface area contributed by atoms with E-state index in [-0.39, 0.29) is 5.95 Å². The van der Waals surface area contributed by atoms with Gasteiger partial charge in [-0.25, -0.2) is 0 Å². The Labute approximate surface area is 108 Å². The number of hydrogen-bond acceptors (Lipinski definition) is 6. The van der Waals surface area contributed by atoms with Crippen molar-refractivity contribution < 1.29 is 4.74 Å². The van der Waals surface area contributed by atoms with Crippen molar-refractivity contribution in [3.8, 4) is 5.88 Å². The van der Waals surface area contributed by atoms with Gasteiger partial charge in [0.1, 0.15) is 5.82 Å². The highest BCUT2D eigenvalue weighted by molar-refractivity contribution is 5.42. The van der Waals surface area contributed by atoms with Crippen LogP contribution >= 0.6 is 0 Å². The summed E-state index contributed by atoms with van der Waals surface area (Å²) < 4.78 is 5.06. The van der Waals surface area contributed by atoms with Gasteiger partial charge < -0.3 is 15.8 Å². The zero-order chi connectivity index (χ0) is 13.0. The lowest BCUT2D eigenvalue weighted by molar-refractivity contribution is 0.269. The van der Waals surface area contributed by atoms with Crippen LogP contribution in [0.25, 0.3) is 0 Å². The van der Waals surface area contributed by atoms with Gasteiger partial charge in [-0.3, -0.25) is 4.90 Å². The van der Waals surface area contributed by atoms with Gasteiger partial charge in [0.15, 0.2) is 0 Å². The van der Waals surface area contributed by atoms with Gasteiger partial charge in [-0.05, 0) is 32.9 Å². The van der Waals surface area contributed by atoms with Gasteiger partial charge in [0.25, 0.3) is 0 Å². The molecule has 1 aromatic rings. The third-order valence-electron chi connectivity index (χ3n) is 3.27. The number of nitrogens with two attached hydrogens (primary N) is 1. The minimum Gasteiger partial charge on any atom is -0.481 e. The van der Waals surface area contributed by atoms with Crippen molar-refractivity contribution in [3.63, 3.8) is 0 Å².